The van der Waals surface area contributed by atoms with Crippen LogP contribution in [0.3, 0.4) is 0 Å². The van der Waals surface area contributed by atoms with E-state index in [9.17, 15) is 19.5 Å². The Morgan fingerprint density at radius 1 is 1.29 bits per heavy atom. The summed E-state index contributed by atoms with van der Waals surface area (Å²) >= 11 is 0. The standard InChI is InChI=1S/C20H28N2O5.Na/c1-3-27-20(26)16(12-11-15-8-5-4-6-9-15)21-14(2)18(23)22-13-7-10-17(22)19(24)25;/h4-6,8-9,14,16-17,21H,3,7,10-13H2,1-2H3,(H,24,25);/q;+1/p-1. The van der Waals surface area contributed by atoms with Crippen molar-refractivity contribution in [3.05, 3.63) is 35.9 Å². The van der Waals surface area contributed by atoms with Crippen LogP contribution in [0.1, 0.15) is 38.7 Å². The molecule has 1 N–H and O–H groups in total. The van der Waals surface area contributed by atoms with E-state index in [-0.39, 0.29) is 42.1 Å². The van der Waals surface area contributed by atoms with E-state index in [0.717, 1.165) is 5.56 Å². The number of aliphatic carboxylic acids is 1. The first kappa shape index (κ1) is 24.6. The van der Waals surface area contributed by atoms with Gasteiger partial charge in [0.25, 0.3) is 0 Å². The SMILES string of the molecule is CCOC(=O)C(CCc1ccccc1)NC(C)C(=O)N1CCCC1C(=O)[O-].[Na+]. The van der Waals surface area contributed by atoms with Gasteiger partial charge in [-0.1, -0.05) is 30.3 Å². The summed E-state index contributed by atoms with van der Waals surface area (Å²) in [6, 6.07) is 7.51. The third-order valence-electron chi connectivity index (χ3n) is 4.77. The normalized spacial score (nSPS) is 18.1. The van der Waals surface area contributed by atoms with Gasteiger partial charge in [0.15, 0.2) is 0 Å². The first-order valence-electron chi connectivity index (χ1n) is 9.42. The maximum Gasteiger partial charge on any atom is 1.00 e. The Labute approximate surface area is 188 Å². The van der Waals surface area contributed by atoms with Crippen LogP contribution in [0.2, 0.25) is 0 Å². The second-order valence-corrected chi connectivity index (χ2v) is 6.73. The molecule has 1 fully saturated rings. The summed E-state index contributed by atoms with van der Waals surface area (Å²) < 4.78 is 5.13. The van der Waals surface area contributed by atoms with Gasteiger partial charge in [0.1, 0.15) is 6.04 Å². The molecule has 1 aromatic rings. The van der Waals surface area contributed by atoms with Gasteiger partial charge < -0.3 is 19.5 Å². The van der Waals surface area contributed by atoms with Crippen molar-refractivity contribution in [2.24, 2.45) is 0 Å². The summed E-state index contributed by atoms with van der Waals surface area (Å²) in [7, 11) is 0. The average Bonchev–Trinajstić information content (AvgIpc) is 3.15. The van der Waals surface area contributed by atoms with Gasteiger partial charge in [-0.05, 0) is 45.1 Å². The van der Waals surface area contributed by atoms with Crippen molar-refractivity contribution >= 4 is 17.8 Å². The molecule has 148 valence electrons. The number of hydrogen-bond donors (Lipinski definition) is 1. The number of carbonyl (C=O) groups is 3. The summed E-state index contributed by atoms with van der Waals surface area (Å²) in [5.41, 5.74) is 1.09. The van der Waals surface area contributed by atoms with Gasteiger partial charge in [-0.15, -0.1) is 0 Å². The van der Waals surface area contributed by atoms with Crippen LogP contribution >= 0.6 is 0 Å². The van der Waals surface area contributed by atoms with Crippen LogP contribution in [0.4, 0.5) is 0 Å². The van der Waals surface area contributed by atoms with Crippen molar-refractivity contribution in [3.63, 3.8) is 0 Å². The molecule has 2 rings (SSSR count). The second kappa shape index (κ2) is 12.2. The predicted molar refractivity (Wildman–Crippen MR) is 97.5 cm³/mol. The van der Waals surface area contributed by atoms with Gasteiger partial charge in [0, 0.05) is 6.54 Å². The van der Waals surface area contributed by atoms with E-state index in [1.54, 1.807) is 13.8 Å². The number of carboxylic acids is 1. The fourth-order valence-electron chi connectivity index (χ4n) is 3.37. The fourth-order valence-corrected chi connectivity index (χ4v) is 3.37. The topological polar surface area (TPSA) is 98.8 Å². The number of nitrogens with zero attached hydrogens (tertiary/aromatic N) is 1. The molecule has 1 aromatic carbocycles. The zero-order valence-electron chi connectivity index (χ0n) is 16.8. The smallest absolute Gasteiger partial charge is 0.548 e. The Morgan fingerprint density at radius 3 is 2.57 bits per heavy atom. The molecule has 1 amide bonds. The van der Waals surface area contributed by atoms with Crippen molar-refractivity contribution in [2.75, 3.05) is 13.2 Å². The van der Waals surface area contributed by atoms with E-state index < -0.39 is 30.1 Å². The van der Waals surface area contributed by atoms with Crippen LogP contribution in [-0.2, 0) is 25.5 Å². The van der Waals surface area contributed by atoms with Crippen LogP contribution in [0.25, 0.3) is 0 Å². The number of ether oxygens (including phenoxy) is 1. The minimum atomic E-state index is -1.24. The quantitative estimate of drug-likeness (QED) is 0.358. The molecule has 0 radical (unpaired) electrons. The summed E-state index contributed by atoms with van der Waals surface area (Å²) in [6.45, 7) is 4.01. The summed E-state index contributed by atoms with van der Waals surface area (Å²) in [4.78, 5) is 37.5. The van der Waals surface area contributed by atoms with Crippen LogP contribution in [0.15, 0.2) is 30.3 Å². The molecule has 1 saturated heterocycles. The van der Waals surface area contributed by atoms with Gasteiger partial charge in [-0.2, -0.15) is 0 Å². The number of carbonyl (C=O) groups excluding carboxylic acids is 3. The number of likely N-dealkylation sites (tertiary alicyclic amines) is 1. The fraction of sp³-hybridized carbons (Fsp3) is 0.550. The predicted octanol–water partition coefficient (Wildman–Crippen LogP) is -2.73. The van der Waals surface area contributed by atoms with Crippen molar-refractivity contribution in [2.45, 2.75) is 57.7 Å². The molecular weight excluding hydrogens is 371 g/mol. The maximum absolute atomic E-state index is 12.7. The van der Waals surface area contributed by atoms with Gasteiger partial charge in [-0.3, -0.25) is 14.9 Å². The molecule has 0 spiro atoms. The number of nitrogens with one attached hydrogen (secondary N) is 1. The van der Waals surface area contributed by atoms with E-state index in [1.165, 1.54) is 4.90 Å². The molecule has 3 atom stereocenters. The number of rotatable bonds is 9. The minimum Gasteiger partial charge on any atom is -0.548 e. The van der Waals surface area contributed by atoms with Crippen LogP contribution < -0.4 is 40.0 Å². The van der Waals surface area contributed by atoms with Crippen molar-refractivity contribution in [3.8, 4) is 0 Å². The summed E-state index contributed by atoms with van der Waals surface area (Å²) in [6.07, 6.45) is 2.16. The molecule has 0 aliphatic carbocycles. The molecule has 7 nitrogen and oxygen atoms in total. The number of carboxylic acid groups (broad SMARTS) is 1. The zero-order valence-corrected chi connectivity index (χ0v) is 18.8. The van der Waals surface area contributed by atoms with Gasteiger partial charge in [0.05, 0.1) is 24.7 Å². The van der Waals surface area contributed by atoms with Gasteiger partial charge >= 0.3 is 35.5 Å². The third-order valence-corrected chi connectivity index (χ3v) is 4.77. The third kappa shape index (κ3) is 6.88. The molecule has 0 aromatic heterocycles. The average molecular weight is 398 g/mol. The molecule has 3 unspecified atom stereocenters. The van der Waals surface area contributed by atoms with Gasteiger partial charge in [-0.25, -0.2) is 0 Å². The number of aryl methyl sites for hydroxylation is 1. The monoisotopic (exact) mass is 398 g/mol. The van der Waals surface area contributed by atoms with E-state index in [2.05, 4.69) is 5.32 Å². The Morgan fingerprint density at radius 2 is 1.96 bits per heavy atom. The van der Waals surface area contributed by atoms with Crippen LogP contribution in [0.5, 0.6) is 0 Å². The Hall–Kier alpha value is -1.41. The molecule has 1 heterocycles. The van der Waals surface area contributed by atoms with Gasteiger partial charge in [0.2, 0.25) is 5.91 Å². The first-order chi connectivity index (χ1) is 12.9. The van der Waals surface area contributed by atoms with Crippen LogP contribution in [0, 0.1) is 0 Å². The number of benzene rings is 1. The second-order valence-electron chi connectivity index (χ2n) is 6.73. The number of esters is 1. The van der Waals surface area contributed by atoms with E-state index >= 15 is 0 Å². The Bertz CT molecular complexity index is 655. The molecule has 1 aliphatic rings. The van der Waals surface area contributed by atoms with Crippen molar-refractivity contribution in [1.82, 2.24) is 10.2 Å². The largest absolute Gasteiger partial charge is 1.00 e. The molecule has 28 heavy (non-hydrogen) atoms. The minimum absolute atomic E-state index is 0. The first-order valence-corrected chi connectivity index (χ1v) is 9.42. The number of amides is 1. The number of hydrogen-bond acceptors (Lipinski definition) is 6. The Kier molecular flexibility index (Phi) is 10.7. The summed E-state index contributed by atoms with van der Waals surface area (Å²) in [5, 5.41) is 14.2. The van der Waals surface area contributed by atoms with E-state index in [0.29, 0.717) is 32.2 Å². The summed E-state index contributed by atoms with van der Waals surface area (Å²) in [5.74, 6) is -1.99. The molecule has 0 bridgehead atoms. The van der Waals surface area contributed by atoms with Crippen molar-refractivity contribution in [1.29, 1.82) is 0 Å². The Balaban J connectivity index is 0.00000392. The van der Waals surface area contributed by atoms with E-state index in [1.807, 2.05) is 30.3 Å². The molecule has 8 heteroatoms. The van der Waals surface area contributed by atoms with E-state index in [4.69, 9.17) is 4.74 Å². The van der Waals surface area contributed by atoms with Crippen LogP contribution in [-0.4, -0.2) is 54.0 Å². The molecule has 0 saturated carbocycles. The molecule has 1 aliphatic heterocycles. The molecular formula is C20H27N2NaO5. The van der Waals surface area contributed by atoms with Crippen molar-refractivity contribution < 1.29 is 53.8 Å². The maximum atomic E-state index is 12.7. The zero-order chi connectivity index (χ0) is 19.8.